The van der Waals surface area contributed by atoms with Crippen molar-refractivity contribution in [2.24, 2.45) is 5.92 Å². The molecule has 2 heteroatoms. The first-order valence-corrected chi connectivity index (χ1v) is 6.53. The van der Waals surface area contributed by atoms with Crippen molar-refractivity contribution in [1.29, 1.82) is 0 Å². The molecule has 0 radical (unpaired) electrons. The second-order valence-corrected chi connectivity index (χ2v) is 4.47. The average molecular weight is 215 g/mol. The molecule has 92 valence electrons. The van der Waals surface area contributed by atoms with Crippen LogP contribution in [0.2, 0.25) is 0 Å². The van der Waals surface area contributed by atoms with E-state index in [1.165, 1.54) is 25.7 Å². The second kappa shape index (κ2) is 10.4. The van der Waals surface area contributed by atoms with E-state index >= 15 is 0 Å². The predicted molar refractivity (Wildman–Crippen MR) is 67.3 cm³/mol. The molecule has 0 aromatic carbocycles. The van der Waals surface area contributed by atoms with E-state index in [-0.39, 0.29) is 0 Å². The van der Waals surface area contributed by atoms with Crippen LogP contribution in [0.4, 0.5) is 0 Å². The Morgan fingerprint density at radius 1 is 1.07 bits per heavy atom. The largest absolute Gasteiger partial charge is 0.381 e. The van der Waals surface area contributed by atoms with E-state index in [0.29, 0.717) is 12.0 Å². The van der Waals surface area contributed by atoms with Gasteiger partial charge in [0.05, 0.1) is 0 Å². The molecule has 0 rings (SSSR count). The van der Waals surface area contributed by atoms with Crippen LogP contribution in [-0.4, -0.2) is 25.8 Å². The Bertz CT molecular complexity index is 128. The molecule has 0 aliphatic carbocycles. The van der Waals surface area contributed by atoms with Crippen LogP contribution < -0.4 is 5.32 Å². The van der Waals surface area contributed by atoms with Crippen molar-refractivity contribution >= 4 is 0 Å². The smallest absolute Gasteiger partial charge is 0.0469 e. The number of rotatable bonds is 10. The van der Waals surface area contributed by atoms with Crippen LogP contribution in [0, 0.1) is 5.92 Å². The van der Waals surface area contributed by atoms with Crippen molar-refractivity contribution in [2.45, 2.75) is 59.4 Å². The van der Waals surface area contributed by atoms with Crippen LogP contribution in [0.25, 0.3) is 0 Å². The summed E-state index contributed by atoms with van der Waals surface area (Å²) in [5.41, 5.74) is 0. The van der Waals surface area contributed by atoms with Gasteiger partial charge in [0.1, 0.15) is 0 Å². The molecule has 1 N–H and O–H groups in total. The minimum Gasteiger partial charge on any atom is -0.381 e. The van der Waals surface area contributed by atoms with Crippen LogP contribution in [0.3, 0.4) is 0 Å². The zero-order valence-electron chi connectivity index (χ0n) is 11.0. The normalized spacial score (nSPS) is 15.2. The average Bonchev–Trinajstić information content (AvgIpc) is 2.25. The SMILES string of the molecule is CCCCOCCC(C)C(C)NCCC. The summed E-state index contributed by atoms with van der Waals surface area (Å²) in [5, 5.41) is 3.53. The summed E-state index contributed by atoms with van der Waals surface area (Å²) in [6.07, 6.45) is 4.80. The minimum absolute atomic E-state index is 0.611. The van der Waals surface area contributed by atoms with Crippen LogP contribution in [0.1, 0.15) is 53.4 Å². The highest BCUT2D eigenvalue weighted by molar-refractivity contribution is 4.67. The summed E-state index contributed by atoms with van der Waals surface area (Å²) in [7, 11) is 0. The zero-order valence-corrected chi connectivity index (χ0v) is 11.0. The number of hydrogen-bond donors (Lipinski definition) is 1. The first-order valence-electron chi connectivity index (χ1n) is 6.53. The number of unbranched alkanes of at least 4 members (excludes halogenated alkanes) is 1. The third-order valence-corrected chi connectivity index (χ3v) is 2.93. The Balaban J connectivity index is 3.34. The molecule has 0 fully saturated rings. The minimum atomic E-state index is 0.611. The maximum atomic E-state index is 5.57. The topological polar surface area (TPSA) is 21.3 Å². The fourth-order valence-corrected chi connectivity index (χ4v) is 1.44. The van der Waals surface area contributed by atoms with Gasteiger partial charge in [0, 0.05) is 19.3 Å². The lowest BCUT2D eigenvalue weighted by molar-refractivity contribution is 0.115. The molecule has 0 saturated carbocycles. The van der Waals surface area contributed by atoms with Gasteiger partial charge in [-0.15, -0.1) is 0 Å². The molecule has 15 heavy (non-hydrogen) atoms. The Hall–Kier alpha value is -0.0800. The van der Waals surface area contributed by atoms with Crippen LogP contribution in [0.15, 0.2) is 0 Å². The molecule has 0 aliphatic heterocycles. The summed E-state index contributed by atoms with van der Waals surface area (Å²) in [5.74, 6) is 0.707. The van der Waals surface area contributed by atoms with Crippen LogP contribution in [-0.2, 0) is 4.74 Å². The number of hydrogen-bond acceptors (Lipinski definition) is 2. The molecule has 0 bridgehead atoms. The lowest BCUT2D eigenvalue weighted by atomic mass is 10.0. The molecule has 0 saturated heterocycles. The Morgan fingerprint density at radius 3 is 2.40 bits per heavy atom. The summed E-state index contributed by atoms with van der Waals surface area (Å²) in [4.78, 5) is 0. The van der Waals surface area contributed by atoms with Crippen molar-refractivity contribution in [1.82, 2.24) is 5.32 Å². The number of nitrogens with one attached hydrogen (secondary N) is 1. The summed E-state index contributed by atoms with van der Waals surface area (Å²) in [6, 6.07) is 0.611. The first kappa shape index (κ1) is 14.9. The monoisotopic (exact) mass is 215 g/mol. The summed E-state index contributed by atoms with van der Waals surface area (Å²) in [6.45, 7) is 11.9. The molecule has 2 nitrogen and oxygen atoms in total. The van der Waals surface area contributed by atoms with Crippen LogP contribution >= 0.6 is 0 Å². The summed E-state index contributed by atoms with van der Waals surface area (Å²) < 4.78 is 5.57. The van der Waals surface area contributed by atoms with Gasteiger partial charge in [-0.2, -0.15) is 0 Å². The Kier molecular flexibility index (Phi) is 10.4. The molecule has 0 aromatic heterocycles. The van der Waals surface area contributed by atoms with Gasteiger partial charge in [0.15, 0.2) is 0 Å². The van der Waals surface area contributed by atoms with Gasteiger partial charge in [-0.05, 0) is 38.6 Å². The van der Waals surface area contributed by atoms with E-state index in [2.05, 4.69) is 33.0 Å². The summed E-state index contributed by atoms with van der Waals surface area (Å²) >= 11 is 0. The standard InChI is InChI=1S/C13H29NO/c1-5-7-10-15-11-8-12(3)13(4)14-9-6-2/h12-14H,5-11H2,1-4H3. The van der Waals surface area contributed by atoms with E-state index in [1.807, 2.05) is 0 Å². The predicted octanol–water partition coefficient (Wildman–Crippen LogP) is 3.22. The lowest BCUT2D eigenvalue weighted by Gasteiger charge is -2.21. The van der Waals surface area contributed by atoms with Gasteiger partial charge in [-0.25, -0.2) is 0 Å². The third-order valence-electron chi connectivity index (χ3n) is 2.93. The van der Waals surface area contributed by atoms with E-state index < -0.39 is 0 Å². The Labute approximate surface area is 95.8 Å². The second-order valence-electron chi connectivity index (χ2n) is 4.47. The van der Waals surface area contributed by atoms with Gasteiger partial charge >= 0.3 is 0 Å². The van der Waals surface area contributed by atoms with Gasteiger partial charge < -0.3 is 10.1 Å². The van der Waals surface area contributed by atoms with Crippen LogP contribution in [0.5, 0.6) is 0 Å². The molecule has 0 amide bonds. The highest BCUT2D eigenvalue weighted by Gasteiger charge is 2.10. The van der Waals surface area contributed by atoms with Crippen molar-refractivity contribution in [3.05, 3.63) is 0 Å². The maximum Gasteiger partial charge on any atom is 0.0469 e. The van der Waals surface area contributed by atoms with Crippen molar-refractivity contribution < 1.29 is 4.74 Å². The molecule has 0 aliphatic rings. The van der Waals surface area contributed by atoms with Gasteiger partial charge in [0.25, 0.3) is 0 Å². The van der Waals surface area contributed by atoms with Crippen molar-refractivity contribution in [3.63, 3.8) is 0 Å². The maximum absolute atomic E-state index is 5.57. The quantitative estimate of drug-likeness (QED) is 0.565. The molecular weight excluding hydrogens is 186 g/mol. The van der Waals surface area contributed by atoms with Gasteiger partial charge in [0.2, 0.25) is 0 Å². The molecule has 0 aromatic rings. The van der Waals surface area contributed by atoms with E-state index in [0.717, 1.165) is 19.8 Å². The molecule has 2 unspecified atom stereocenters. The number of ether oxygens (including phenoxy) is 1. The van der Waals surface area contributed by atoms with Gasteiger partial charge in [-0.1, -0.05) is 27.2 Å². The first-order chi connectivity index (χ1) is 7.22. The molecular formula is C13H29NO. The highest BCUT2D eigenvalue weighted by Crippen LogP contribution is 2.08. The molecule has 2 atom stereocenters. The van der Waals surface area contributed by atoms with Crippen molar-refractivity contribution in [3.8, 4) is 0 Å². The molecule has 0 spiro atoms. The van der Waals surface area contributed by atoms with Gasteiger partial charge in [-0.3, -0.25) is 0 Å². The van der Waals surface area contributed by atoms with E-state index in [9.17, 15) is 0 Å². The molecule has 0 heterocycles. The highest BCUT2D eigenvalue weighted by atomic mass is 16.5. The lowest BCUT2D eigenvalue weighted by Crippen LogP contribution is -2.33. The van der Waals surface area contributed by atoms with E-state index in [1.54, 1.807) is 0 Å². The zero-order chi connectivity index (χ0) is 11.5. The third kappa shape index (κ3) is 8.88. The van der Waals surface area contributed by atoms with Crippen molar-refractivity contribution in [2.75, 3.05) is 19.8 Å². The fraction of sp³-hybridized carbons (Fsp3) is 1.00. The fourth-order valence-electron chi connectivity index (χ4n) is 1.44. The Morgan fingerprint density at radius 2 is 1.80 bits per heavy atom. The van der Waals surface area contributed by atoms with E-state index in [4.69, 9.17) is 4.74 Å².